The number of aliphatic hydroxyl groups is 1. The van der Waals surface area contributed by atoms with Gasteiger partial charge in [0.05, 0.1) is 12.1 Å². The molecule has 0 aromatic heterocycles. The Morgan fingerprint density at radius 1 is 1.23 bits per heavy atom. The van der Waals surface area contributed by atoms with Crippen molar-refractivity contribution in [2.24, 2.45) is 4.99 Å². The van der Waals surface area contributed by atoms with E-state index in [2.05, 4.69) is 53.7 Å². The van der Waals surface area contributed by atoms with Gasteiger partial charge in [0.2, 0.25) is 0 Å². The molecule has 122 valence electrons. The maximum atomic E-state index is 10.6. The van der Waals surface area contributed by atoms with Crippen LogP contribution in [0, 0.1) is 6.92 Å². The zero-order valence-electron chi connectivity index (χ0n) is 13.9. The smallest absolute Gasteiger partial charge is 0.191 e. The number of hydrogen-bond donors (Lipinski definition) is 3. The van der Waals surface area contributed by atoms with Crippen LogP contribution in [0.3, 0.4) is 0 Å². The fourth-order valence-electron chi connectivity index (χ4n) is 2.96. The summed E-state index contributed by atoms with van der Waals surface area (Å²) >= 11 is 0. The van der Waals surface area contributed by atoms with Gasteiger partial charge in [0, 0.05) is 13.1 Å². The van der Waals surface area contributed by atoms with Gasteiger partial charge in [0.1, 0.15) is 0 Å². The molecule has 22 heavy (non-hydrogen) atoms. The Kier molecular flexibility index (Phi) is 6.25. The molecule has 2 rings (SSSR count). The zero-order chi connectivity index (χ0) is 15.8. The number of nitrogens with zero attached hydrogens (tertiary/aromatic N) is 1. The van der Waals surface area contributed by atoms with Crippen molar-refractivity contribution in [3.05, 3.63) is 35.4 Å². The van der Waals surface area contributed by atoms with E-state index in [1.807, 2.05) is 0 Å². The molecule has 0 radical (unpaired) electrons. The molecule has 0 bridgehead atoms. The first-order valence-electron chi connectivity index (χ1n) is 8.41. The predicted octanol–water partition coefficient (Wildman–Crippen LogP) is 2.75. The van der Waals surface area contributed by atoms with Crippen LogP contribution in [-0.2, 0) is 6.54 Å². The molecular formula is C18H29N3O. The van der Waals surface area contributed by atoms with E-state index in [9.17, 15) is 5.11 Å². The van der Waals surface area contributed by atoms with Gasteiger partial charge in [-0.15, -0.1) is 0 Å². The largest absolute Gasteiger partial charge is 0.388 e. The van der Waals surface area contributed by atoms with Crippen LogP contribution in [0.4, 0.5) is 0 Å². The van der Waals surface area contributed by atoms with Crippen molar-refractivity contribution in [2.75, 3.05) is 13.1 Å². The second-order valence-corrected chi connectivity index (χ2v) is 6.32. The quantitative estimate of drug-likeness (QED) is 0.579. The van der Waals surface area contributed by atoms with E-state index in [1.165, 1.54) is 17.5 Å². The van der Waals surface area contributed by atoms with E-state index < -0.39 is 5.60 Å². The van der Waals surface area contributed by atoms with Crippen molar-refractivity contribution in [2.45, 2.75) is 58.1 Å². The molecule has 1 fully saturated rings. The highest BCUT2D eigenvalue weighted by molar-refractivity contribution is 5.79. The number of nitrogens with one attached hydrogen (secondary N) is 2. The topological polar surface area (TPSA) is 56.7 Å². The number of benzene rings is 1. The summed E-state index contributed by atoms with van der Waals surface area (Å²) in [5, 5.41) is 17.1. The Bertz CT molecular complexity index is 493. The normalized spacial score (nSPS) is 18.0. The van der Waals surface area contributed by atoms with Gasteiger partial charge in [-0.2, -0.15) is 0 Å². The first-order chi connectivity index (χ1) is 10.6. The summed E-state index contributed by atoms with van der Waals surface area (Å²) in [6.07, 6.45) is 5.25. The summed E-state index contributed by atoms with van der Waals surface area (Å²) in [4.78, 5) is 4.62. The molecule has 0 unspecified atom stereocenters. The number of aliphatic imine (C=N–C) groups is 1. The molecule has 1 aliphatic rings. The maximum absolute atomic E-state index is 10.6. The first-order valence-corrected chi connectivity index (χ1v) is 8.41. The van der Waals surface area contributed by atoms with Gasteiger partial charge in [0.15, 0.2) is 5.96 Å². The van der Waals surface area contributed by atoms with Gasteiger partial charge in [-0.1, -0.05) is 49.1 Å². The van der Waals surface area contributed by atoms with E-state index in [-0.39, 0.29) is 0 Å². The fraction of sp³-hybridized carbons (Fsp3) is 0.611. The molecule has 0 aliphatic heterocycles. The lowest BCUT2D eigenvalue weighted by Gasteiger charge is -2.32. The lowest BCUT2D eigenvalue weighted by atomic mass is 9.85. The minimum atomic E-state index is -0.572. The summed E-state index contributed by atoms with van der Waals surface area (Å²) in [5.74, 6) is 0.781. The second kappa shape index (κ2) is 8.18. The lowest BCUT2D eigenvalue weighted by molar-refractivity contribution is 0.00859. The molecular weight excluding hydrogens is 274 g/mol. The summed E-state index contributed by atoms with van der Waals surface area (Å²) < 4.78 is 0. The van der Waals surface area contributed by atoms with E-state index in [0.717, 1.165) is 38.2 Å². The van der Waals surface area contributed by atoms with E-state index in [1.54, 1.807) is 0 Å². The minimum Gasteiger partial charge on any atom is -0.388 e. The Morgan fingerprint density at radius 2 is 2.00 bits per heavy atom. The Labute approximate surface area is 134 Å². The van der Waals surface area contributed by atoms with Gasteiger partial charge >= 0.3 is 0 Å². The van der Waals surface area contributed by atoms with Crippen molar-refractivity contribution in [1.82, 2.24) is 10.6 Å². The van der Waals surface area contributed by atoms with Crippen LogP contribution in [-0.4, -0.2) is 29.8 Å². The summed E-state index contributed by atoms with van der Waals surface area (Å²) in [6, 6.07) is 8.40. The first kappa shape index (κ1) is 16.8. The Morgan fingerprint density at radius 3 is 2.68 bits per heavy atom. The van der Waals surface area contributed by atoms with Crippen molar-refractivity contribution in [3.8, 4) is 0 Å². The molecule has 3 N–H and O–H groups in total. The summed E-state index contributed by atoms with van der Waals surface area (Å²) in [7, 11) is 0. The SMILES string of the molecule is CCNC(=NCc1cccc(C)c1)NCC1(O)CCCCC1. The number of hydrogen-bond acceptors (Lipinski definition) is 2. The molecule has 0 spiro atoms. The van der Waals surface area contributed by atoms with Crippen LogP contribution in [0.15, 0.2) is 29.3 Å². The highest BCUT2D eigenvalue weighted by Gasteiger charge is 2.29. The van der Waals surface area contributed by atoms with Crippen LogP contribution in [0.25, 0.3) is 0 Å². The van der Waals surface area contributed by atoms with Crippen molar-refractivity contribution in [3.63, 3.8) is 0 Å². The van der Waals surface area contributed by atoms with Crippen LogP contribution >= 0.6 is 0 Å². The maximum Gasteiger partial charge on any atom is 0.191 e. The van der Waals surface area contributed by atoms with E-state index in [4.69, 9.17) is 0 Å². The van der Waals surface area contributed by atoms with Gasteiger partial charge in [-0.3, -0.25) is 0 Å². The third-order valence-electron chi connectivity index (χ3n) is 4.22. The predicted molar refractivity (Wildman–Crippen MR) is 92.0 cm³/mol. The highest BCUT2D eigenvalue weighted by Crippen LogP contribution is 2.27. The third-order valence-corrected chi connectivity index (χ3v) is 4.22. The van der Waals surface area contributed by atoms with Gasteiger partial charge in [-0.05, 0) is 32.3 Å². The fourth-order valence-corrected chi connectivity index (χ4v) is 2.96. The Hall–Kier alpha value is -1.55. The van der Waals surface area contributed by atoms with Gasteiger partial charge in [0.25, 0.3) is 0 Å². The summed E-state index contributed by atoms with van der Waals surface area (Å²) in [6.45, 7) is 6.19. The van der Waals surface area contributed by atoms with E-state index in [0.29, 0.717) is 13.1 Å². The molecule has 4 heteroatoms. The molecule has 1 aromatic carbocycles. The molecule has 1 aromatic rings. The highest BCUT2D eigenvalue weighted by atomic mass is 16.3. The molecule has 0 amide bonds. The van der Waals surface area contributed by atoms with Crippen molar-refractivity contribution in [1.29, 1.82) is 0 Å². The second-order valence-electron chi connectivity index (χ2n) is 6.32. The van der Waals surface area contributed by atoms with Crippen molar-refractivity contribution >= 4 is 5.96 Å². The molecule has 4 nitrogen and oxygen atoms in total. The number of guanidine groups is 1. The Balaban J connectivity index is 1.92. The molecule has 1 saturated carbocycles. The zero-order valence-corrected chi connectivity index (χ0v) is 13.9. The van der Waals surface area contributed by atoms with Crippen LogP contribution < -0.4 is 10.6 Å². The minimum absolute atomic E-state index is 0.572. The number of aryl methyl sites for hydroxylation is 1. The summed E-state index contributed by atoms with van der Waals surface area (Å²) in [5.41, 5.74) is 1.88. The van der Waals surface area contributed by atoms with Crippen LogP contribution in [0.2, 0.25) is 0 Å². The molecule has 0 saturated heterocycles. The average molecular weight is 303 g/mol. The number of rotatable bonds is 5. The third kappa shape index (κ3) is 5.34. The monoisotopic (exact) mass is 303 g/mol. The molecule has 0 atom stereocenters. The van der Waals surface area contributed by atoms with Crippen LogP contribution in [0.1, 0.15) is 50.2 Å². The average Bonchev–Trinajstić information content (AvgIpc) is 2.51. The van der Waals surface area contributed by atoms with E-state index >= 15 is 0 Å². The van der Waals surface area contributed by atoms with Gasteiger partial charge < -0.3 is 15.7 Å². The van der Waals surface area contributed by atoms with Crippen LogP contribution in [0.5, 0.6) is 0 Å². The molecule has 1 aliphatic carbocycles. The standard InChI is InChI=1S/C18H29N3O/c1-3-19-17(20-13-16-9-7-8-15(2)12-16)21-14-18(22)10-5-4-6-11-18/h7-9,12,22H,3-6,10-11,13-14H2,1-2H3,(H2,19,20,21). The molecule has 0 heterocycles. The van der Waals surface area contributed by atoms with Crippen molar-refractivity contribution < 1.29 is 5.11 Å². The van der Waals surface area contributed by atoms with Gasteiger partial charge in [-0.25, -0.2) is 4.99 Å². The lowest BCUT2D eigenvalue weighted by Crippen LogP contribution is -2.48.